The van der Waals surface area contributed by atoms with Crippen molar-refractivity contribution in [3.63, 3.8) is 0 Å². The predicted octanol–water partition coefficient (Wildman–Crippen LogP) is 5.40. The van der Waals surface area contributed by atoms with Crippen molar-refractivity contribution in [1.82, 2.24) is 25.5 Å². The lowest BCUT2D eigenvalue weighted by Gasteiger charge is -2.47. The second-order valence-electron chi connectivity index (χ2n) is 14.6. The molecule has 264 valence electrons. The van der Waals surface area contributed by atoms with Crippen LogP contribution in [0.1, 0.15) is 80.5 Å². The van der Waals surface area contributed by atoms with Crippen LogP contribution in [0.4, 0.5) is 16.3 Å². The fourth-order valence-corrected chi connectivity index (χ4v) is 12.2. The summed E-state index contributed by atoms with van der Waals surface area (Å²) in [4.78, 5) is 48.5. The standard InChI is InChI=1S/C36H57N7O4Si/c1-25(2)22-38-24-36(10,33(37)45)48(26(3)4,27(5)6)20-16-30-32(41-19-18-39-30)42-29-14-12-13-28(21-29)15-17-40-31(44)23-43(34(46)47-11)35(7,8)9/h12-14,18-19,21,25-27,38H,15,17,22-24H2,1-11H3,(H2,37,45)(H,40,44)(H,41,42). The quantitative estimate of drug-likeness (QED) is 0.144. The molecular weight excluding hydrogens is 623 g/mol. The smallest absolute Gasteiger partial charge is 0.410 e. The van der Waals surface area contributed by atoms with Crippen LogP contribution in [0.3, 0.4) is 0 Å². The largest absolute Gasteiger partial charge is 0.453 e. The Morgan fingerprint density at radius 2 is 1.67 bits per heavy atom. The fourth-order valence-electron chi connectivity index (χ4n) is 6.27. The van der Waals surface area contributed by atoms with Gasteiger partial charge in [0.2, 0.25) is 11.8 Å². The summed E-state index contributed by atoms with van der Waals surface area (Å²) in [7, 11) is -1.45. The summed E-state index contributed by atoms with van der Waals surface area (Å²) in [6.07, 6.45) is 3.25. The summed E-state index contributed by atoms with van der Waals surface area (Å²) >= 11 is 0. The number of amides is 3. The molecule has 0 radical (unpaired) electrons. The third-order valence-corrected chi connectivity index (χ3v) is 15.3. The van der Waals surface area contributed by atoms with E-state index in [2.05, 4.69) is 78.9 Å². The molecular formula is C36H57N7O4Si. The van der Waals surface area contributed by atoms with Crippen LogP contribution in [0, 0.1) is 17.4 Å². The highest BCUT2D eigenvalue weighted by molar-refractivity contribution is 6.94. The van der Waals surface area contributed by atoms with Gasteiger partial charge in [-0.15, -0.1) is 5.54 Å². The first-order valence-electron chi connectivity index (χ1n) is 16.7. The Kier molecular flexibility index (Phi) is 14.6. The lowest BCUT2D eigenvalue weighted by Crippen LogP contribution is -2.60. The monoisotopic (exact) mass is 679 g/mol. The van der Waals surface area contributed by atoms with Crippen LogP contribution in [0.2, 0.25) is 16.1 Å². The molecule has 2 rings (SSSR count). The van der Waals surface area contributed by atoms with Crippen molar-refractivity contribution >= 4 is 37.5 Å². The minimum atomic E-state index is -2.76. The van der Waals surface area contributed by atoms with E-state index in [0.29, 0.717) is 36.9 Å². The lowest BCUT2D eigenvalue weighted by atomic mass is 10.1. The van der Waals surface area contributed by atoms with Crippen molar-refractivity contribution in [3.8, 4) is 11.5 Å². The van der Waals surface area contributed by atoms with E-state index in [9.17, 15) is 14.4 Å². The summed E-state index contributed by atoms with van der Waals surface area (Å²) in [6.45, 7) is 21.9. The van der Waals surface area contributed by atoms with E-state index in [1.54, 1.807) is 12.4 Å². The van der Waals surface area contributed by atoms with Gasteiger partial charge < -0.3 is 26.4 Å². The number of ether oxygens (including phenoxy) is 1. The van der Waals surface area contributed by atoms with Crippen molar-refractivity contribution in [3.05, 3.63) is 47.9 Å². The maximum Gasteiger partial charge on any atom is 0.410 e. The highest BCUT2D eigenvalue weighted by Crippen LogP contribution is 2.50. The lowest BCUT2D eigenvalue weighted by molar-refractivity contribution is -0.123. The number of aromatic nitrogens is 2. The number of hydrogen-bond acceptors (Lipinski definition) is 8. The Labute approximate surface area is 288 Å². The maximum absolute atomic E-state index is 13.2. The number of anilines is 2. The number of carbonyl (C=O) groups is 3. The Balaban J connectivity index is 2.30. The molecule has 0 aliphatic carbocycles. The Hall–Kier alpha value is -3.95. The number of rotatable bonds is 15. The zero-order valence-corrected chi connectivity index (χ0v) is 31.8. The Bertz CT molecular complexity index is 1450. The van der Waals surface area contributed by atoms with Gasteiger partial charge in [0.15, 0.2) is 19.6 Å². The normalized spacial score (nSPS) is 13.0. The van der Waals surface area contributed by atoms with Gasteiger partial charge in [0.05, 0.1) is 12.1 Å². The highest BCUT2D eigenvalue weighted by atomic mass is 28.3. The van der Waals surface area contributed by atoms with Gasteiger partial charge in [-0.05, 0) is 68.4 Å². The molecule has 48 heavy (non-hydrogen) atoms. The third kappa shape index (κ3) is 10.3. The van der Waals surface area contributed by atoms with Crippen LogP contribution in [0.25, 0.3) is 0 Å². The molecule has 1 aromatic heterocycles. The summed E-state index contributed by atoms with van der Waals surface area (Å²) in [5.41, 5.74) is 11.8. The van der Waals surface area contributed by atoms with Gasteiger partial charge in [-0.2, -0.15) is 0 Å². The first-order valence-corrected chi connectivity index (χ1v) is 18.9. The first kappa shape index (κ1) is 40.2. The van der Waals surface area contributed by atoms with E-state index in [1.165, 1.54) is 12.0 Å². The average Bonchev–Trinajstić information content (AvgIpc) is 2.99. The molecule has 1 heterocycles. The number of nitrogens with two attached hydrogens (primary N) is 1. The number of primary amides is 1. The maximum atomic E-state index is 13.2. The van der Waals surface area contributed by atoms with Gasteiger partial charge in [0.1, 0.15) is 6.54 Å². The summed E-state index contributed by atoms with van der Waals surface area (Å²) in [6, 6.07) is 7.82. The second kappa shape index (κ2) is 17.4. The van der Waals surface area contributed by atoms with Crippen LogP contribution in [0.5, 0.6) is 0 Å². The van der Waals surface area contributed by atoms with Gasteiger partial charge in [-0.3, -0.25) is 14.5 Å². The van der Waals surface area contributed by atoms with Crippen molar-refractivity contribution < 1.29 is 19.1 Å². The molecule has 1 atom stereocenters. The summed E-state index contributed by atoms with van der Waals surface area (Å²) in [5, 5.41) is 8.94. The van der Waals surface area contributed by atoms with Crippen LogP contribution in [-0.4, -0.2) is 79.7 Å². The van der Waals surface area contributed by atoms with E-state index in [1.807, 2.05) is 52.0 Å². The predicted molar refractivity (Wildman–Crippen MR) is 195 cm³/mol. The number of nitrogens with zero attached hydrogens (tertiary/aromatic N) is 3. The SMILES string of the molecule is COC(=O)N(CC(=O)NCCc1cccc(Nc2nccnc2C#C[Si](C(C)C)(C(C)C)C(C)(CNCC(C)C)C(N)=O)c1)C(C)(C)C. The zero-order valence-electron chi connectivity index (χ0n) is 30.8. The number of nitrogens with one attached hydrogen (secondary N) is 3. The number of methoxy groups -OCH3 is 1. The average molecular weight is 680 g/mol. The third-order valence-electron chi connectivity index (χ3n) is 8.83. The molecule has 0 spiro atoms. The fraction of sp³-hybridized carbons (Fsp3) is 0.583. The van der Waals surface area contributed by atoms with E-state index in [0.717, 1.165) is 17.8 Å². The van der Waals surface area contributed by atoms with Crippen LogP contribution in [0.15, 0.2) is 36.7 Å². The number of hydrogen-bond donors (Lipinski definition) is 4. The second-order valence-corrected chi connectivity index (χ2v) is 20.0. The number of benzene rings is 1. The molecule has 0 saturated carbocycles. The van der Waals surface area contributed by atoms with Crippen LogP contribution >= 0.6 is 0 Å². The van der Waals surface area contributed by atoms with Crippen LogP contribution < -0.4 is 21.7 Å². The number of carbonyl (C=O) groups excluding carboxylic acids is 3. The molecule has 0 fully saturated rings. The molecule has 3 amide bonds. The first-order chi connectivity index (χ1) is 22.4. The molecule has 1 unspecified atom stereocenters. The van der Waals surface area contributed by atoms with E-state index in [-0.39, 0.29) is 29.4 Å². The molecule has 12 heteroatoms. The minimum Gasteiger partial charge on any atom is -0.453 e. The van der Waals surface area contributed by atoms with Crippen LogP contribution in [-0.2, 0) is 20.7 Å². The molecule has 5 N–H and O–H groups in total. The van der Waals surface area contributed by atoms with Gasteiger partial charge in [0, 0.05) is 36.7 Å². The zero-order chi connectivity index (χ0) is 36.3. The Morgan fingerprint density at radius 3 is 2.23 bits per heavy atom. The molecule has 11 nitrogen and oxygen atoms in total. The molecule has 0 aliphatic rings. The van der Waals surface area contributed by atoms with Gasteiger partial charge in [0.25, 0.3) is 0 Å². The van der Waals surface area contributed by atoms with Crippen molar-refractivity contribution in [1.29, 1.82) is 0 Å². The molecule has 0 bridgehead atoms. The topological polar surface area (TPSA) is 152 Å². The molecule has 1 aromatic carbocycles. The molecule has 2 aromatic rings. The van der Waals surface area contributed by atoms with Gasteiger partial charge in [-0.1, -0.05) is 66.5 Å². The minimum absolute atomic E-state index is 0.0981. The van der Waals surface area contributed by atoms with E-state index >= 15 is 0 Å². The van der Waals surface area contributed by atoms with Crippen molar-refractivity contribution in [2.45, 2.75) is 97.3 Å². The Morgan fingerprint density at radius 1 is 1.02 bits per heavy atom. The van der Waals surface area contributed by atoms with E-state index < -0.39 is 24.7 Å². The molecule has 0 saturated heterocycles. The van der Waals surface area contributed by atoms with Crippen molar-refractivity contribution in [2.24, 2.45) is 11.7 Å². The van der Waals surface area contributed by atoms with E-state index in [4.69, 9.17) is 10.5 Å². The highest BCUT2D eigenvalue weighted by Gasteiger charge is 2.57. The van der Waals surface area contributed by atoms with Gasteiger partial charge in [-0.25, -0.2) is 14.8 Å². The van der Waals surface area contributed by atoms with Gasteiger partial charge >= 0.3 is 6.09 Å². The molecule has 0 aliphatic heterocycles. The summed E-state index contributed by atoms with van der Waals surface area (Å²) in [5.74, 6) is 3.70. The summed E-state index contributed by atoms with van der Waals surface area (Å²) < 4.78 is 4.84. The van der Waals surface area contributed by atoms with Crippen molar-refractivity contribution in [2.75, 3.05) is 38.6 Å².